The molecule has 1 rings (SSSR count). The van der Waals surface area contributed by atoms with E-state index in [1.54, 1.807) is 0 Å². The highest BCUT2D eigenvalue weighted by Crippen LogP contribution is 2.13. The Morgan fingerprint density at radius 1 is 1.00 bits per heavy atom. The van der Waals surface area contributed by atoms with Crippen LogP contribution in [0, 0.1) is 0 Å². The van der Waals surface area contributed by atoms with Crippen LogP contribution in [-0.2, 0) is 0 Å². The van der Waals surface area contributed by atoms with E-state index in [-0.39, 0.29) is 5.95 Å². The first kappa shape index (κ1) is 15.3. The van der Waals surface area contributed by atoms with Gasteiger partial charge in [0.1, 0.15) is 0 Å². The van der Waals surface area contributed by atoms with Gasteiger partial charge in [-0.2, -0.15) is 15.0 Å². The van der Waals surface area contributed by atoms with Crippen molar-refractivity contribution in [1.29, 1.82) is 0 Å². The molecule has 0 fully saturated rings. The van der Waals surface area contributed by atoms with Crippen molar-refractivity contribution in [1.82, 2.24) is 15.0 Å². The average molecular weight is 274 g/mol. The Kier molecular flexibility index (Phi) is 6.17. The van der Waals surface area contributed by atoms with E-state index < -0.39 is 13.0 Å². The van der Waals surface area contributed by atoms with Crippen LogP contribution in [0.25, 0.3) is 0 Å². The maximum atomic E-state index is 12.2. The molecule has 0 saturated carbocycles. The average Bonchev–Trinajstić information content (AvgIpc) is 2.38. The molecule has 6 nitrogen and oxygen atoms in total. The van der Waals surface area contributed by atoms with Crippen molar-refractivity contribution in [3.8, 4) is 0 Å². The Balaban J connectivity index is 2.95. The van der Waals surface area contributed by atoms with Gasteiger partial charge in [0.2, 0.25) is 17.8 Å². The second kappa shape index (κ2) is 7.65. The highest BCUT2D eigenvalue weighted by molar-refractivity contribution is 5.43. The highest BCUT2D eigenvalue weighted by Gasteiger charge is 2.11. The molecule has 19 heavy (non-hydrogen) atoms. The number of halogens is 2. The SMILES string of the molecule is CCNc1nc(NCC(F)F)nc(N(CC)CC)n1. The first-order valence-electron chi connectivity index (χ1n) is 6.37. The van der Waals surface area contributed by atoms with Crippen molar-refractivity contribution in [2.45, 2.75) is 27.2 Å². The molecule has 0 atom stereocenters. The summed E-state index contributed by atoms with van der Waals surface area (Å²) in [5, 5.41) is 5.47. The Hall–Kier alpha value is -1.73. The molecule has 8 heteroatoms. The van der Waals surface area contributed by atoms with Crippen molar-refractivity contribution < 1.29 is 8.78 Å². The molecule has 0 amide bonds. The molecule has 0 aliphatic heterocycles. The lowest BCUT2D eigenvalue weighted by Crippen LogP contribution is -2.26. The quantitative estimate of drug-likeness (QED) is 0.754. The smallest absolute Gasteiger partial charge is 0.255 e. The zero-order valence-corrected chi connectivity index (χ0v) is 11.5. The van der Waals surface area contributed by atoms with E-state index in [1.165, 1.54) is 0 Å². The van der Waals surface area contributed by atoms with Gasteiger partial charge in [0.05, 0.1) is 6.54 Å². The summed E-state index contributed by atoms with van der Waals surface area (Å²) >= 11 is 0. The van der Waals surface area contributed by atoms with Crippen molar-refractivity contribution >= 4 is 17.8 Å². The Morgan fingerprint density at radius 3 is 2.05 bits per heavy atom. The van der Waals surface area contributed by atoms with Crippen molar-refractivity contribution in [3.05, 3.63) is 0 Å². The van der Waals surface area contributed by atoms with E-state index in [1.807, 2.05) is 25.7 Å². The molecule has 0 unspecified atom stereocenters. The third kappa shape index (κ3) is 4.80. The van der Waals surface area contributed by atoms with Crippen LogP contribution in [0.1, 0.15) is 20.8 Å². The van der Waals surface area contributed by atoms with Gasteiger partial charge in [-0.25, -0.2) is 8.78 Å². The van der Waals surface area contributed by atoms with Gasteiger partial charge in [0.25, 0.3) is 6.43 Å². The van der Waals surface area contributed by atoms with E-state index in [0.717, 1.165) is 13.1 Å². The molecule has 1 aromatic rings. The van der Waals surface area contributed by atoms with Crippen LogP contribution >= 0.6 is 0 Å². The van der Waals surface area contributed by atoms with Crippen LogP contribution < -0.4 is 15.5 Å². The second-order valence-corrected chi connectivity index (χ2v) is 3.76. The fourth-order valence-corrected chi connectivity index (χ4v) is 1.50. The predicted octanol–water partition coefficient (Wildman–Crippen LogP) is 1.83. The van der Waals surface area contributed by atoms with E-state index in [9.17, 15) is 8.78 Å². The van der Waals surface area contributed by atoms with E-state index in [2.05, 4.69) is 25.6 Å². The Morgan fingerprint density at radius 2 is 1.58 bits per heavy atom. The van der Waals surface area contributed by atoms with Gasteiger partial charge in [-0.3, -0.25) is 0 Å². The molecule has 0 bridgehead atoms. The minimum Gasteiger partial charge on any atom is -0.354 e. The number of hydrogen-bond acceptors (Lipinski definition) is 6. The molecule has 2 N–H and O–H groups in total. The molecular weight excluding hydrogens is 254 g/mol. The van der Waals surface area contributed by atoms with E-state index >= 15 is 0 Å². The minimum absolute atomic E-state index is 0.160. The maximum absolute atomic E-state index is 12.2. The zero-order chi connectivity index (χ0) is 14.3. The van der Waals surface area contributed by atoms with Crippen LogP contribution in [0.2, 0.25) is 0 Å². The Bertz CT molecular complexity index is 383. The highest BCUT2D eigenvalue weighted by atomic mass is 19.3. The van der Waals surface area contributed by atoms with Gasteiger partial charge in [-0.05, 0) is 20.8 Å². The number of rotatable bonds is 8. The van der Waals surface area contributed by atoms with Gasteiger partial charge in [0, 0.05) is 19.6 Å². The molecule has 0 radical (unpaired) electrons. The standard InChI is InChI=1S/C11H20F2N6/c1-4-14-9-16-10(15-7-8(12)13)18-11(17-9)19(5-2)6-3/h8H,4-7H2,1-3H3,(H2,14,15,16,17,18). The lowest BCUT2D eigenvalue weighted by molar-refractivity contribution is 0.163. The van der Waals surface area contributed by atoms with Crippen molar-refractivity contribution in [2.24, 2.45) is 0 Å². The first-order valence-corrected chi connectivity index (χ1v) is 6.37. The number of anilines is 3. The van der Waals surface area contributed by atoms with Gasteiger partial charge < -0.3 is 15.5 Å². The molecule has 1 heterocycles. The number of alkyl halides is 2. The summed E-state index contributed by atoms with van der Waals surface area (Å²) in [6.07, 6.45) is -2.45. The maximum Gasteiger partial charge on any atom is 0.255 e. The third-order valence-corrected chi connectivity index (χ3v) is 2.42. The number of nitrogens with zero attached hydrogens (tertiary/aromatic N) is 4. The van der Waals surface area contributed by atoms with Crippen LogP contribution in [0.3, 0.4) is 0 Å². The molecule has 0 aromatic carbocycles. The fraction of sp³-hybridized carbons (Fsp3) is 0.727. The summed E-state index contributed by atoms with van der Waals surface area (Å²) in [5.74, 6) is 1.03. The van der Waals surface area contributed by atoms with Crippen LogP contribution in [0.4, 0.5) is 26.6 Å². The van der Waals surface area contributed by atoms with Crippen molar-refractivity contribution in [3.63, 3.8) is 0 Å². The number of hydrogen-bond donors (Lipinski definition) is 2. The molecule has 0 saturated heterocycles. The molecular formula is C11H20F2N6. The summed E-state index contributed by atoms with van der Waals surface area (Å²) in [7, 11) is 0. The van der Waals surface area contributed by atoms with Gasteiger partial charge >= 0.3 is 0 Å². The minimum atomic E-state index is -2.45. The van der Waals surface area contributed by atoms with Gasteiger partial charge in [-0.1, -0.05) is 0 Å². The largest absolute Gasteiger partial charge is 0.354 e. The van der Waals surface area contributed by atoms with Crippen LogP contribution in [0.5, 0.6) is 0 Å². The summed E-state index contributed by atoms with van der Waals surface area (Å²) in [4.78, 5) is 14.4. The van der Waals surface area contributed by atoms with Crippen LogP contribution in [0.15, 0.2) is 0 Å². The normalized spacial score (nSPS) is 10.6. The lowest BCUT2D eigenvalue weighted by Gasteiger charge is -2.19. The summed E-state index contributed by atoms with van der Waals surface area (Å²) < 4.78 is 24.4. The van der Waals surface area contributed by atoms with Gasteiger partial charge in [0.15, 0.2) is 0 Å². The van der Waals surface area contributed by atoms with E-state index in [4.69, 9.17) is 0 Å². The number of nitrogens with one attached hydrogen (secondary N) is 2. The molecule has 0 aliphatic carbocycles. The van der Waals surface area contributed by atoms with E-state index in [0.29, 0.717) is 18.4 Å². The molecule has 1 aromatic heterocycles. The predicted molar refractivity (Wildman–Crippen MR) is 72.0 cm³/mol. The number of aromatic nitrogens is 3. The van der Waals surface area contributed by atoms with Crippen molar-refractivity contribution in [2.75, 3.05) is 41.7 Å². The summed E-state index contributed by atoms with van der Waals surface area (Å²) in [6.45, 7) is 7.51. The topological polar surface area (TPSA) is 66.0 Å². The second-order valence-electron chi connectivity index (χ2n) is 3.76. The molecule has 0 aliphatic rings. The van der Waals surface area contributed by atoms with Crippen LogP contribution in [-0.4, -0.2) is 47.6 Å². The third-order valence-electron chi connectivity index (χ3n) is 2.42. The Labute approximate surface area is 111 Å². The van der Waals surface area contributed by atoms with Gasteiger partial charge in [-0.15, -0.1) is 0 Å². The fourth-order valence-electron chi connectivity index (χ4n) is 1.50. The summed E-state index contributed by atoms with van der Waals surface area (Å²) in [6, 6.07) is 0. The molecule has 108 valence electrons. The zero-order valence-electron chi connectivity index (χ0n) is 11.5. The lowest BCUT2D eigenvalue weighted by atomic mass is 10.5. The summed E-state index contributed by atoms with van der Waals surface area (Å²) in [5.41, 5.74) is 0. The first-order chi connectivity index (χ1) is 9.10. The molecule has 0 spiro atoms. The monoisotopic (exact) mass is 274 g/mol.